The first-order valence-electron chi connectivity index (χ1n) is 4.25. The molecule has 1 aromatic heterocycles. The summed E-state index contributed by atoms with van der Waals surface area (Å²) in [4.78, 5) is 12.5. The molecule has 2 rings (SSSR count). The van der Waals surface area contributed by atoms with Crippen molar-refractivity contribution in [2.24, 2.45) is 0 Å². The zero-order valence-electron chi connectivity index (χ0n) is 7.61. The van der Waals surface area contributed by atoms with E-state index in [4.69, 9.17) is 11.6 Å². The second-order valence-electron chi connectivity index (χ2n) is 2.97. The maximum atomic E-state index is 11.9. The third kappa shape index (κ3) is 2.03. The molecule has 0 unspecified atom stereocenters. The number of benzene rings is 1. The smallest absolute Gasteiger partial charge is 0.206 e. The Labute approximate surface area is 95.8 Å². The highest BCUT2D eigenvalue weighted by Crippen LogP contribution is 2.25. The number of rotatable bonds is 2. The number of hydrogen-bond acceptors (Lipinski definition) is 3. The van der Waals surface area contributed by atoms with Gasteiger partial charge in [-0.3, -0.25) is 4.79 Å². The van der Waals surface area contributed by atoms with Gasteiger partial charge in [0, 0.05) is 5.02 Å². The lowest BCUT2D eigenvalue weighted by molar-refractivity contribution is 0.104. The largest absolute Gasteiger partial charge is 0.507 e. The Morgan fingerprint density at radius 1 is 1.33 bits per heavy atom. The van der Waals surface area contributed by atoms with Crippen LogP contribution >= 0.6 is 22.9 Å². The van der Waals surface area contributed by atoms with Crippen molar-refractivity contribution in [1.29, 1.82) is 0 Å². The van der Waals surface area contributed by atoms with Crippen molar-refractivity contribution >= 4 is 28.7 Å². The third-order valence-electron chi connectivity index (χ3n) is 1.95. The summed E-state index contributed by atoms with van der Waals surface area (Å²) in [5, 5.41) is 11.8. The van der Waals surface area contributed by atoms with E-state index in [1.54, 1.807) is 18.2 Å². The monoisotopic (exact) mass is 238 g/mol. The molecule has 0 amide bonds. The fourth-order valence-corrected chi connectivity index (χ4v) is 2.08. The Kier molecular flexibility index (Phi) is 2.75. The van der Waals surface area contributed by atoms with E-state index in [2.05, 4.69) is 0 Å². The van der Waals surface area contributed by atoms with Crippen molar-refractivity contribution in [1.82, 2.24) is 0 Å². The molecule has 0 radical (unpaired) electrons. The van der Waals surface area contributed by atoms with Gasteiger partial charge in [-0.15, -0.1) is 11.3 Å². The van der Waals surface area contributed by atoms with Gasteiger partial charge in [-0.1, -0.05) is 17.7 Å². The molecule has 15 heavy (non-hydrogen) atoms. The second kappa shape index (κ2) is 4.04. The quantitative estimate of drug-likeness (QED) is 0.815. The van der Waals surface area contributed by atoms with Gasteiger partial charge in [0.05, 0.1) is 10.4 Å². The summed E-state index contributed by atoms with van der Waals surface area (Å²) < 4.78 is 0. The van der Waals surface area contributed by atoms with Crippen LogP contribution in [0.3, 0.4) is 0 Å². The highest BCUT2D eigenvalue weighted by atomic mass is 35.5. The molecule has 0 saturated carbocycles. The molecule has 1 N–H and O–H groups in total. The van der Waals surface area contributed by atoms with Crippen molar-refractivity contribution in [2.75, 3.05) is 0 Å². The van der Waals surface area contributed by atoms with E-state index >= 15 is 0 Å². The van der Waals surface area contributed by atoms with Crippen molar-refractivity contribution < 1.29 is 9.90 Å². The van der Waals surface area contributed by atoms with E-state index in [-0.39, 0.29) is 17.1 Å². The van der Waals surface area contributed by atoms with Gasteiger partial charge in [0.1, 0.15) is 5.75 Å². The van der Waals surface area contributed by atoms with Gasteiger partial charge < -0.3 is 5.11 Å². The lowest BCUT2D eigenvalue weighted by atomic mass is 10.1. The van der Waals surface area contributed by atoms with Crippen LogP contribution in [0.25, 0.3) is 0 Å². The van der Waals surface area contributed by atoms with E-state index in [1.165, 1.54) is 23.5 Å². The summed E-state index contributed by atoms with van der Waals surface area (Å²) in [6.07, 6.45) is 0. The van der Waals surface area contributed by atoms with Gasteiger partial charge in [-0.05, 0) is 29.6 Å². The molecule has 0 aliphatic heterocycles. The molecule has 1 aromatic carbocycles. The second-order valence-corrected chi connectivity index (χ2v) is 4.35. The summed E-state index contributed by atoms with van der Waals surface area (Å²) in [7, 11) is 0. The Balaban J connectivity index is 2.46. The Morgan fingerprint density at radius 3 is 2.80 bits per heavy atom. The fraction of sp³-hybridized carbons (Fsp3) is 0. The summed E-state index contributed by atoms with van der Waals surface area (Å²) in [5.74, 6) is -0.247. The Morgan fingerprint density at radius 2 is 2.13 bits per heavy atom. The standard InChI is InChI=1S/C11H7ClO2S/c12-7-3-4-9(13)8(6-7)11(14)10-2-1-5-15-10/h1-6,13H. The molecule has 4 heteroatoms. The first kappa shape index (κ1) is 10.2. The first-order valence-corrected chi connectivity index (χ1v) is 5.51. The van der Waals surface area contributed by atoms with Crippen molar-refractivity contribution in [3.05, 3.63) is 51.2 Å². The van der Waals surface area contributed by atoms with Gasteiger partial charge in [-0.2, -0.15) is 0 Å². The maximum absolute atomic E-state index is 11.9. The average molecular weight is 239 g/mol. The molecule has 0 bridgehead atoms. The van der Waals surface area contributed by atoms with E-state index < -0.39 is 0 Å². The lowest BCUT2D eigenvalue weighted by Crippen LogP contribution is -1.98. The van der Waals surface area contributed by atoms with Crippen LogP contribution in [-0.2, 0) is 0 Å². The van der Waals surface area contributed by atoms with Gasteiger partial charge in [0.2, 0.25) is 5.78 Å². The normalized spacial score (nSPS) is 10.2. The van der Waals surface area contributed by atoms with Crippen molar-refractivity contribution in [2.45, 2.75) is 0 Å². The van der Waals surface area contributed by atoms with Crippen molar-refractivity contribution in [3.63, 3.8) is 0 Å². The number of phenols is 1. The minimum Gasteiger partial charge on any atom is -0.507 e. The van der Waals surface area contributed by atoms with Crippen LogP contribution < -0.4 is 0 Å². The number of hydrogen-bond donors (Lipinski definition) is 1. The highest BCUT2D eigenvalue weighted by molar-refractivity contribution is 7.12. The molecule has 2 aromatic rings. The van der Waals surface area contributed by atoms with Crippen LogP contribution in [0.5, 0.6) is 5.75 Å². The number of aromatic hydroxyl groups is 1. The van der Waals surface area contributed by atoms with Crippen LogP contribution in [-0.4, -0.2) is 10.9 Å². The van der Waals surface area contributed by atoms with Gasteiger partial charge in [0.25, 0.3) is 0 Å². The summed E-state index contributed by atoms with van der Waals surface area (Å²) in [6.45, 7) is 0. The molecule has 76 valence electrons. The lowest BCUT2D eigenvalue weighted by Gasteiger charge is -2.02. The molecule has 0 aliphatic carbocycles. The summed E-state index contributed by atoms with van der Waals surface area (Å²) in [5.41, 5.74) is 0.241. The van der Waals surface area contributed by atoms with Crippen LogP contribution in [0.15, 0.2) is 35.7 Å². The third-order valence-corrected chi connectivity index (χ3v) is 3.05. The zero-order chi connectivity index (χ0) is 10.8. The zero-order valence-corrected chi connectivity index (χ0v) is 9.18. The number of thiophene rings is 1. The Bertz CT molecular complexity index is 491. The Hall–Kier alpha value is -1.32. The predicted octanol–water partition coefficient (Wildman–Crippen LogP) is 3.34. The number of carbonyl (C=O) groups excluding carboxylic acids is 1. The van der Waals surface area contributed by atoms with Crippen LogP contribution in [0.4, 0.5) is 0 Å². The molecule has 0 fully saturated rings. The van der Waals surface area contributed by atoms with Crippen LogP contribution in [0.2, 0.25) is 5.02 Å². The topological polar surface area (TPSA) is 37.3 Å². The van der Waals surface area contributed by atoms with Crippen LogP contribution in [0.1, 0.15) is 15.2 Å². The van der Waals surface area contributed by atoms with E-state index in [9.17, 15) is 9.90 Å². The number of ketones is 1. The molecular formula is C11H7ClO2S. The van der Waals surface area contributed by atoms with E-state index in [0.29, 0.717) is 9.90 Å². The molecule has 0 spiro atoms. The maximum Gasteiger partial charge on any atom is 0.206 e. The molecule has 0 aliphatic rings. The van der Waals surface area contributed by atoms with Gasteiger partial charge in [-0.25, -0.2) is 0 Å². The molecular weight excluding hydrogens is 232 g/mol. The molecule has 2 nitrogen and oxygen atoms in total. The van der Waals surface area contributed by atoms with Gasteiger partial charge in [0.15, 0.2) is 0 Å². The van der Waals surface area contributed by atoms with Crippen LogP contribution in [0, 0.1) is 0 Å². The van der Waals surface area contributed by atoms with Crippen molar-refractivity contribution in [3.8, 4) is 5.75 Å². The number of carbonyl (C=O) groups is 1. The highest BCUT2D eigenvalue weighted by Gasteiger charge is 2.14. The average Bonchev–Trinajstić information content (AvgIpc) is 2.74. The first-order chi connectivity index (χ1) is 7.18. The number of halogens is 1. The van der Waals surface area contributed by atoms with E-state index in [1.807, 2.05) is 5.38 Å². The molecule has 0 saturated heterocycles. The fourth-order valence-electron chi connectivity index (χ4n) is 1.23. The van der Waals surface area contributed by atoms with E-state index in [0.717, 1.165) is 0 Å². The SMILES string of the molecule is O=C(c1cccs1)c1cc(Cl)ccc1O. The minimum absolute atomic E-state index is 0.0437. The molecule has 0 atom stereocenters. The summed E-state index contributed by atoms with van der Waals surface area (Å²) in [6, 6.07) is 7.94. The predicted molar refractivity (Wildman–Crippen MR) is 60.9 cm³/mol. The number of phenolic OH excluding ortho intramolecular Hbond substituents is 1. The minimum atomic E-state index is -0.204. The molecule has 1 heterocycles. The summed E-state index contributed by atoms with van der Waals surface area (Å²) >= 11 is 7.10. The van der Waals surface area contributed by atoms with Gasteiger partial charge >= 0.3 is 0 Å².